The van der Waals surface area contributed by atoms with Gasteiger partial charge in [-0.05, 0) is 48.7 Å². The van der Waals surface area contributed by atoms with E-state index in [0.717, 1.165) is 10.2 Å². The van der Waals surface area contributed by atoms with E-state index < -0.39 is 17.0 Å². The van der Waals surface area contributed by atoms with Gasteiger partial charge in [0, 0.05) is 29.7 Å². The Kier molecular flexibility index (Phi) is 5.89. The average molecular weight is 442 g/mol. The fourth-order valence-corrected chi connectivity index (χ4v) is 3.90. The van der Waals surface area contributed by atoms with Crippen LogP contribution >= 0.6 is 11.6 Å². The number of halogens is 2. The first kappa shape index (κ1) is 21.2. The van der Waals surface area contributed by atoms with Gasteiger partial charge in [0.1, 0.15) is 12.4 Å². The van der Waals surface area contributed by atoms with E-state index in [1.54, 1.807) is 47.4 Å². The Hall–Kier alpha value is -3.03. The lowest BCUT2D eigenvalue weighted by molar-refractivity contribution is -0.136. The van der Waals surface area contributed by atoms with Gasteiger partial charge in [-0.2, -0.15) is 5.10 Å². The monoisotopic (exact) mass is 441 g/mol. The second-order valence-electron chi connectivity index (χ2n) is 7.61. The number of benzene rings is 2. The summed E-state index contributed by atoms with van der Waals surface area (Å²) in [7, 11) is 0. The Balaban J connectivity index is 1.46. The number of rotatable bonds is 4. The number of likely N-dealkylation sites (tertiary alicyclic amines) is 1. The molecular weight excluding hydrogens is 421 g/mol. The SMILES string of the molecule is O=C(Cn1nc(-c2ccccc2F)ccc1=O)N1CCC(O)(c2ccc(Cl)cc2)CC1. The Morgan fingerprint density at radius 1 is 1.06 bits per heavy atom. The number of amides is 1. The zero-order chi connectivity index (χ0) is 22.0. The number of hydrogen-bond donors (Lipinski definition) is 1. The molecule has 1 aromatic heterocycles. The fraction of sp³-hybridized carbons (Fsp3) is 0.261. The average Bonchev–Trinajstić information content (AvgIpc) is 2.76. The summed E-state index contributed by atoms with van der Waals surface area (Å²) in [5, 5.41) is 15.7. The normalized spacial score (nSPS) is 15.6. The van der Waals surface area contributed by atoms with Gasteiger partial charge in [0.05, 0.1) is 11.3 Å². The molecule has 1 aliphatic heterocycles. The number of aliphatic hydroxyl groups is 1. The Labute approximate surface area is 183 Å². The quantitative estimate of drug-likeness (QED) is 0.674. The van der Waals surface area contributed by atoms with E-state index >= 15 is 0 Å². The molecule has 1 N–H and O–H groups in total. The third-order valence-electron chi connectivity index (χ3n) is 5.63. The van der Waals surface area contributed by atoms with Crippen molar-refractivity contribution in [3.8, 4) is 11.3 Å². The second kappa shape index (κ2) is 8.61. The molecule has 1 fully saturated rings. The first-order chi connectivity index (χ1) is 14.9. The highest BCUT2D eigenvalue weighted by molar-refractivity contribution is 6.30. The Morgan fingerprint density at radius 2 is 1.74 bits per heavy atom. The van der Waals surface area contributed by atoms with Gasteiger partial charge in [-0.3, -0.25) is 9.59 Å². The largest absolute Gasteiger partial charge is 0.385 e. The maximum atomic E-state index is 14.1. The molecular formula is C23H21ClFN3O3. The molecule has 1 aliphatic rings. The zero-order valence-electron chi connectivity index (χ0n) is 16.7. The van der Waals surface area contributed by atoms with Gasteiger partial charge in [-0.1, -0.05) is 35.9 Å². The highest BCUT2D eigenvalue weighted by Crippen LogP contribution is 2.33. The van der Waals surface area contributed by atoms with Crippen LogP contribution in [0.25, 0.3) is 11.3 Å². The lowest BCUT2D eigenvalue weighted by Gasteiger charge is -2.38. The van der Waals surface area contributed by atoms with Crippen molar-refractivity contribution in [3.63, 3.8) is 0 Å². The summed E-state index contributed by atoms with van der Waals surface area (Å²) in [6, 6.07) is 15.9. The first-order valence-electron chi connectivity index (χ1n) is 9.95. The number of aromatic nitrogens is 2. The van der Waals surface area contributed by atoms with E-state index in [1.165, 1.54) is 18.2 Å². The topological polar surface area (TPSA) is 75.4 Å². The highest BCUT2D eigenvalue weighted by atomic mass is 35.5. The van der Waals surface area contributed by atoms with E-state index in [9.17, 15) is 19.1 Å². The third-order valence-corrected chi connectivity index (χ3v) is 5.88. The van der Waals surface area contributed by atoms with Crippen LogP contribution in [-0.4, -0.2) is 38.8 Å². The lowest BCUT2D eigenvalue weighted by Crippen LogP contribution is -2.47. The van der Waals surface area contributed by atoms with Gasteiger partial charge < -0.3 is 10.0 Å². The van der Waals surface area contributed by atoms with Crippen LogP contribution in [0.15, 0.2) is 65.5 Å². The molecule has 0 aliphatic carbocycles. The molecule has 0 spiro atoms. The van der Waals surface area contributed by atoms with Crippen LogP contribution in [0.4, 0.5) is 4.39 Å². The van der Waals surface area contributed by atoms with Crippen LogP contribution < -0.4 is 5.56 Å². The fourth-order valence-electron chi connectivity index (χ4n) is 3.78. The van der Waals surface area contributed by atoms with Crippen LogP contribution in [0.2, 0.25) is 5.02 Å². The predicted octanol–water partition coefficient (Wildman–Crippen LogP) is 3.21. The maximum Gasteiger partial charge on any atom is 0.267 e. The van der Waals surface area contributed by atoms with Gasteiger partial charge in [-0.15, -0.1) is 0 Å². The maximum absolute atomic E-state index is 14.1. The van der Waals surface area contributed by atoms with E-state index in [0.29, 0.717) is 31.0 Å². The lowest BCUT2D eigenvalue weighted by atomic mass is 9.84. The van der Waals surface area contributed by atoms with E-state index in [-0.39, 0.29) is 23.7 Å². The summed E-state index contributed by atoms with van der Waals surface area (Å²) < 4.78 is 15.1. The van der Waals surface area contributed by atoms with Gasteiger partial charge in [0.2, 0.25) is 5.91 Å². The zero-order valence-corrected chi connectivity index (χ0v) is 17.4. The minimum atomic E-state index is -1.03. The molecule has 1 amide bonds. The summed E-state index contributed by atoms with van der Waals surface area (Å²) in [6.07, 6.45) is 0.746. The highest BCUT2D eigenvalue weighted by Gasteiger charge is 2.35. The van der Waals surface area contributed by atoms with Gasteiger partial charge in [-0.25, -0.2) is 9.07 Å². The van der Waals surface area contributed by atoms with Crippen molar-refractivity contribution in [2.45, 2.75) is 25.0 Å². The van der Waals surface area contributed by atoms with Crippen molar-refractivity contribution in [2.75, 3.05) is 13.1 Å². The molecule has 8 heteroatoms. The predicted molar refractivity (Wildman–Crippen MR) is 115 cm³/mol. The van der Waals surface area contributed by atoms with Crippen molar-refractivity contribution >= 4 is 17.5 Å². The number of hydrogen-bond acceptors (Lipinski definition) is 4. The molecule has 1 saturated heterocycles. The molecule has 160 valence electrons. The number of piperidine rings is 1. The molecule has 4 rings (SSSR count). The standard InChI is InChI=1S/C23H21ClFN3O3/c24-17-7-5-16(6-8-17)23(31)11-13-27(14-12-23)22(30)15-28-21(29)10-9-20(26-28)18-3-1-2-4-19(18)25/h1-10,31H,11-15H2. The molecule has 2 heterocycles. The van der Waals surface area contributed by atoms with Crippen molar-refractivity contribution in [1.82, 2.24) is 14.7 Å². The van der Waals surface area contributed by atoms with Crippen LogP contribution in [-0.2, 0) is 16.9 Å². The summed E-state index contributed by atoms with van der Waals surface area (Å²) in [5.41, 5.74) is -0.167. The molecule has 0 saturated carbocycles. The second-order valence-corrected chi connectivity index (χ2v) is 8.05. The van der Waals surface area contributed by atoms with Crippen molar-refractivity contribution < 1.29 is 14.3 Å². The number of nitrogens with zero attached hydrogens (tertiary/aromatic N) is 3. The van der Waals surface area contributed by atoms with Gasteiger partial charge in [0.25, 0.3) is 5.56 Å². The molecule has 0 bridgehead atoms. The van der Waals surface area contributed by atoms with Crippen LogP contribution in [0.3, 0.4) is 0 Å². The van der Waals surface area contributed by atoms with Crippen molar-refractivity contribution in [3.05, 3.63) is 87.4 Å². The summed E-state index contributed by atoms with van der Waals surface area (Å²) in [6.45, 7) is 0.444. The molecule has 0 unspecified atom stereocenters. The molecule has 0 atom stereocenters. The van der Waals surface area contributed by atoms with Gasteiger partial charge in [0.15, 0.2) is 0 Å². The van der Waals surface area contributed by atoms with E-state index in [1.807, 2.05) is 0 Å². The minimum absolute atomic E-state index is 0.250. The number of carbonyl (C=O) groups is 1. The summed E-state index contributed by atoms with van der Waals surface area (Å²) in [4.78, 5) is 26.6. The molecule has 2 aromatic carbocycles. The van der Waals surface area contributed by atoms with E-state index in [4.69, 9.17) is 11.6 Å². The van der Waals surface area contributed by atoms with Gasteiger partial charge >= 0.3 is 0 Å². The Bertz CT molecular complexity index is 1160. The Morgan fingerprint density at radius 3 is 2.42 bits per heavy atom. The molecule has 0 radical (unpaired) electrons. The summed E-state index contributed by atoms with van der Waals surface area (Å²) >= 11 is 5.92. The van der Waals surface area contributed by atoms with Crippen molar-refractivity contribution in [1.29, 1.82) is 0 Å². The van der Waals surface area contributed by atoms with E-state index in [2.05, 4.69) is 5.10 Å². The number of carbonyl (C=O) groups excluding carboxylic acids is 1. The smallest absolute Gasteiger partial charge is 0.267 e. The van der Waals surface area contributed by atoms with Crippen LogP contribution in [0.1, 0.15) is 18.4 Å². The van der Waals surface area contributed by atoms with Crippen LogP contribution in [0.5, 0.6) is 0 Å². The third kappa shape index (κ3) is 4.52. The minimum Gasteiger partial charge on any atom is -0.385 e. The van der Waals surface area contributed by atoms with Crippen molar-refractivity contribution in [2.24, 2.45) is 0 Å². The summed E-state index contributed by atoms with van der Waals surface area (Å²) in [5.74, 6) is -0.734. The molecule has 3 aromatic rings. The first-order valence-corrected chi connectivity index (χ1v) is 10.3. The molecule has 31 heavy (non-hydrogen) atoms. The van der Waals surface area contributed by atoms with Crippen LogP contribution in [0, 0.1) is 5.82 Å². The molecule has 6 nitrogen and oxygen atoms in total.